The highest BCUT2D eigenvalue weighted by Crippen LogP contribution is 2.11. The van der Waals surface area contributed by atoms with E-state index < -0.39 is 11.9 Å². The second-order valence-corrected chi connectivity index (χ2v) is 3.11. The van der Waals surface area contributed by atoms with Crippen LogP contribution in [0.3, 0.4) is 0 Å². The van der Waals surface area contributed by atoms with Crippen LogP contribution in [0.5, 0.6) is 0 Å². The van der Waals surface area contributed by atoms with E-state index >= 15 is 0 Å². The minimum atomic E-state index is -0.571. The van der Waals surface area contributed by atoms with Crippen LogP contribution in [0.25, 0.3) is 0 Å². The first-order valence-electron chi connectivity index (χ1n) is 4.82. The Balaban J connectivity index is 2.75. The molecule has 0 saturated carbocycles. The molecule has 4 N–H and O–H groups in total. The van der Waals surface area contributed by atoms with Gasteiger partial charge in [0.15, 0.2) is 5.69 Å². The monoisotopic (exact) mass is 226 g/mol. The average molecular weight is 226 g/mol. The predicted octanol–water partition coefficient (Wildman–Crippen LogP) is -0.483. The van der Waals surface area contributed by atoms with Gasteiger partial charge in [0.1, 0.15) is 5.82 Å². The number of amides is 1. The van der Waals surface area contributed by atoms with Gasteiger partial charge in [0.25, 0.3) is 0 Å². The van der Waals surface area contributed by atoms with E-state index in [1.54, 1.807) is 6.92 Å². The molecule has 0 aliphatic carbocycles. The van der Waals surface area contributed by atoms with Crippen LogP contribution in [0, 0.1) is 0 Å². The molecule has 0 radical (unpaired) electrons. The molecule has 1 aromatic rings. The normalized spacial score (nSPS) is 10.1. The first-order chi connectivity index (χ1) is 7.56. The molecule has 0 bridgehead atoms. The number of imidazole rings is 1. The first-order valence-corrected chi connectivity index (χ1v) is 4.82. The number of anilines is 1. The van der Waals surface area contributed by atoms with Gasteiger partial charge in [0.05, 0.1) is 12.9 Å². The van der Waals surface area contributed by atoms with Gasteiger partial charge in [0, 0.05) is 13.0 Å². The number of primary amides is 1. The van der Waals surface area contributed by atoms with Crippen molar-refractivity contribution in [3.63, 3.8) is 0 Å². The fourth-order valence-electron chi connectivity index (χ4n) is 1.16. The first kappa shape index (κ1) is 12.0. The van der Waals surface area contributed by atoms with Crippen molar-refractivity contribution in [3.05, 3.63) is 12.0 Å². The van der Waals surface area contributed by atoms with Gasteiger partial charge < -0.3 is 20.8 Å². The molecule has 0 aromatic carbocycles. The number of nitrogen functional groups attached to an aromatic ring is 1. The Morgan fingerprint density at radius 3 is 2.81 bits per heavy atom. The van der Waals surface area contributed by atoms with E-state index in [0.29, 0.717) is 6.54 Å². The maximum atomic E-state index is 11.3. The number of esters is 1. The standard InChI is InChI=1S/C9H14N4O3/c1-2-16-9(15)7-8(11)13(5-12-7)4-3-6(10)14/h5H,2-4,11H2,1H3,(H2,10,14). The molecule has 1 amide bonds. The summed E-state index contributed by atoms with van der Waals surface area (Å²) in [4.78, 5) is 25.8. The third-order valence-corrected chi connectivity index (χ3v) is 1.95. The number of ether oxygens (including phenoxy) is 1. The molecule has 0 fully saturated rings. The number of hydrogen-bond donors (Lipinski definition) is 2. The van der Waals surface area contributed by atoms with Gasteiger partial charge in [0.2, 0.25) is 5.91 Å². The molecule has 7 heteroatoms. The number of aromatic nitrogens is 2. The Morgan fingerprint density at radius 1 is 1.56 bits per heavy atom. The van der Waals surface area contributed by atoms with Crippen LogP contribution < -0.4 is 11.5 Å². The lowest BCUT2D eigenvalue weighted by molar-refractivity contribution is -0.118. The minimum absolute atomic E-state index is 0.0614. The number of nitrogens with zero attached hydrogens (tertiary/aromatic N) is 2. The van der Waals surface area contributed by atoms with Crippen LogP contribution in [-0.4, -0.2) is 28.0 Å². The summed E-state index contributed by atoms with van der Waals surface area (Å²) in [6, 6.07) is 0. The van der Waals surface area contributed by atoms with E-state index in [9.17, 15) is 9.59 Å². The number of nitrogens with two attached hydrogens (primary N) is 2. The molecule has 7 nitrogen and oxygen atoms in total. The van der Waals surface area contributed by atoms with Crippen molar-refractivity contribution in [2.75, 3.05) is 12.3 Å². The number of hydrogen-bond acceptors (Lipinski definition) is 5. The van der Waals surface area contributed by atoms with Crippen molar-refractivity contribution >= 4 is 17.7 Å². The Kier molecular flexibility index (Phi) is 3.87. The van der Waals surface area contributed by atoms with Crippen LogP contribution >= 0.6 is 0 Å². The van der Waals surface area contributed by atoms with Gasteiger partial charge in [-0.3, -0.25) is 4.79 Å². The van der Waals surface area contributed by atoms with Crippen molar-refractivity contribution in [1.29, 1.82) is 0 Å². The second-order valence-electron chi connectivity index (χ2n) is 3.11. The van der Waals surface area contributed by atoms with Crippen molar-refractivity contribution < 1.29 is 14.3 Å². The SMILES string of the molecule is CCOC(=O)c1ncn(CCC(N)=O)c1N. The summed E-state index contributed by atoms with van der Waals surface area (Å²) in [6.45, 7) is 2.25. The van der Waals surface area contributed by atoms with Gasteiger partial charge in [-0.15, -0.1) is 0 Å². The van der Waals surface area contributed by atoms with E-state index in [4.69, 9.17) is 16.2 Å². The number of carbonyl (C=O) groups is 2. The molecule has 16 heavy (non-hydrogen) atoms. The van der Waals surface area contributed by atoms with Gasteiger partial charge in [-0.25, -0.2) is 9.78 Å². The average Bonchev–Trinajstić information content (AvgIpc) is 2.57. The highest BCUT2D eigenvalue weighted by atomic mass is 16.5. The lowest BCUT2D eigenvalue weighted by atomic mass is 10.4. The molecule has 88 valence electrons. The zero-order chi connectivity index (χ0) is 12.1. The molecule has 0 unspecified atom stereocenters. The molecular formula is C9H14N4O3. The molecule has 0 saturated heterocycles. The van der Waals surface area contributed by atoms with E-state index in [1.165, 1.54) is 10.9 Å². The highest BCUT2D eigenvalue weighted by Gasteiger charge is 2.16. The molecule has 0 atom stereocenters. The van der Waals surface area contributed by atoms with Crippen molar-refractivity contribution in [1.82, 2.24) is 9.55 Å². The summed E-state index contributed by atoms with van der Waals surface area (Å²) in [5.74, 6) is -0.830. The van der Waals surface area contributed by atoms with Crippen LogP contribution in [0.1, 0.15) is 23.8 Å². The summed E-state index contributed by atoms with van der Waals surface area (Å²) < 4.78 is 6.24. The highest BCUT2D eigenvalue weighted by molar-refractivity contribution is 5.92. The van der Waals surface area contributed by atoms with Gasteiger partial charge in [-0.1, -0.05) is 0 Å². The number of aryl methyl sites for hydroxylation is 1. The molecule has 0 aliphatic heterocycles. The second kappa shape index (κ2) is 5.15. The third kappa shape index (κ3) is 2.72. The molecule has 0 aliphatic rings. The van der Waals surface area contributed by atoms with E-state index in [2.05, 4.69) is 4.98 Å². The molecule has 1 aromatic heterocycles. The Hall–Kier alpha value is -2.05. The summed E-state index contributed by atoms with van der Waals surface area (Å²) in [5, 5.41) is 0. The summed E-state index contributed by atoms with van der Waals surface area (Å²) >= 11 is 0. The Morgan fingerprint density at radius 2 is 2.25 bits per heavy atom. The third-order valence-electron chi connectivity index (χ3n) is 1.95. The van der Waals surface area contributed by atoms with Crippen LogP contribution in [0.2, 0.25) is 0 Å². The molecule has 1 rings (SSSR count). The summed E-state index contributed by atoms with van der Waals surface area (Å²) in [5.41, 5.74) is 10.7. The van der Waals surface area contributed by atoms with Crippen LogP contribution in [-0.2, 0) is 16.1 Å². The lowest BCUT2D eigenvalue weighted by Crippen LogP contribution is -2.15. The van der Waals surface area contributed by atoms with E-state index in [-0.39, 0.29) is 24.5 Å². The largest absolute Gasteiger partial charge is 0.461 e. The molecule has 1 heterocycles. The quantitative estimate of drug-likeness (QED) is 0.658. The predicted molar refractivity (Wildman–Crippen MR) is 56.4 cm³/mol. The maximum absolute atomic E-state index is 11.3. The topological polar surface area (TPSA) is 113 Å². The van der Waals surface area contributed by atoms with Gasteiger partial charge >= 0.3 is 5.97 Å². The van der Waals surface area contributed by atoms with E-state index in [0.717, 1.165) is 0 Å². The fourth-order valence-corrected chi connectivity index (χ4v) is 1.16. The summed E-state index contributed by atoms with van der Waals surface area (Å²) in [6.07, 6.45) is 1.52. The maximum Gasteiger partial charge on any atom is 0.360 e. The Bertz CT molecular complexity index is 399. The van der Waals surface area contributed by atoms with Crippen molar-refractivity contribution in [2.24, 2.45) is 5.73 Å². The Labute approximate surface area is 92.4 Å². The number of rotatable bonds is 5. The number of carbonyl (C=O) groups excluding carboxylic acids is 2. The van der Waals surface area contributed by atoms with Crippen molar-refractivity contribution in [3.8, 4) is 0 Å². The minimum Gasteiger partial charge on any atom is -0.461 e. The van der Waals surface area contributed by atoms with Gasteiger partial charge in [-0.05, 0) is 6.92 Å². The fraction of sp³-hybridized carbons (Fsp3) is 0.444. The van der Waals surface area contributed by atoms with Crippen molar-refractivity contribution in [2.45, 2.75) is 19.9 Å². The van der Waals surface area contributed by atoms with Gasteiger partial charge in [-0.2, -0.15) is 0 Å². The molecule has 0 spiro atoms. The summed E-state index contributed by atoms with van der Waals surface area (Å²) in [7, 11) is 0. The van der Waals surface area contributed by atoms with E-state index in [1.807, 2.05) is 0 Å². The smallest absolute Gasteiger partial charge is 0.360 e. The van der Waals surface area contributed by atoms with Crippen LogP contribution in [0.4, 0.5) is 5.82 Å². The molecular weight excluding hydrogens is 212 g/mol. The van der Waals surface area contributed by atoms with Crippen LogP contribution in [0.15, 0.2) is 6.33 Å². The zero-order valence-electron chi connectivity index (χ0n) is 8.97. The lowest BCUT2D eigenvalue weighted by Gasteiger charge is -2.03. The zero-order valence-corrected chi connectivity index (χ0v) is 8.97.